The second kappa shape index (κ2) is 9.72. The maximum Gasteiger partial charge on any atom is 0.407 e. The molecule has 0 radical (unpaired) electrons. The van der Waals surface area contributed by atoms with Gasteiger partial charge in [0.15, 0.2) is 0 Å². The number of aryl methyl sites for hydroxylation is 1. The lowest BCUT2D eigenvalue weighted by atomic mass is 9.95. The lowest BCUT2D eigenvalue weighted by Crippen LogP contribution is -2.52. The van der Waals surface area contributed by atoms with Crippen molar-refractivity contribution in [1.82, 2.24) is 25.3 Å². The second-order valence-corrected chi connectivity index (χ2v) is 9.42. The summed E-state index contributed by atoms with van der Waals surface area (Å²) < 4.78 is 61.3. The van der Waals surface area contributed by atoms with Gasteiger partial charge in [-0.2, -0.15) is 18.3 Å². The number of carbonyl (C=O) groups is 4. The van der Waals surface area contributed by atoms with E-state index in [-0.39, 0.29) is 61.5 Å². The van der Waals surface area contributed by atoms with Crippen molar-refractivity contribution in [2.45, 2.75) is 70.1 Å². The highest BCUT2D eigenvalue weighted by molar-refractivity contribution is 6.05. The molecule has 2 aromatic rings. The van der Waals surface area contributed by atoms with Crippen molar-refractivity contribution in [2.75, 3.05) is 0 Å². The van der Waals surface area contributed by atoms with Gasteiger partial charge in [-0.3, -0.25) is 24.4 Å². The molecule has 0 spiro atoms. The van der Waals surface area contributed by atoms with Gasteiger partial charge in [-0.25, -0.2) is 9.18 Å². The number of aromatic nitrogens is 2. The number of nitrogens with zero attached hydrogens (tertiary/aromatic N) is 3. The van der Waals surface area contributed by atoms with Crippen molar-refractivity contribution in [3.05, 3.63) is 52.1 Å². The van der Waals surface area contributed by atoms with E-state index in [1.807, 2.05) is 0 Å². The Hall–Kier alpha value is -3.97. The van der Waals surface area contributed by atoms with Gasteiger partial charge < -0.3 is 15.0 Å². The van der Waals surface area contributed by atoms with Gasteiger partial charge in [0.1, 0.15) is 24.2 Å². The van der Waals surface area contributed by atoms with Crippen LogP contribution in [0.2, 0.25) is 0 Å². The molecule has 2 unspecified atom stereocenters. The first-order valence-corrected chi connectivity index (χ1v) is 12.0. The average Bonchev–Trinajstić information content (AvgIpc) is 3.42. The zero-order valence-corrected chi connectivity index (χ0v) is 19.9. The molecule has 3 aliphatic heterocycles. The van der Waals surface area contributed by atoms with Crippen molar-refractivity contribution in [3.8, 4) is 0 Å². The zero-order chi connectivity index (χ0) is 27.2. The SMILES string of the molecule is O=C1CCC(N2Cc3ccc(CNC(=O)OCc4cc5n(n4)CCCC5C(F)(F)F)c(F)c3C2=O)C(=O)N1. The predicted octanol–water partition coefficient (Wildman–Crippen LogP) is 2.65. The van der Waals surface area contributed by atoms with Gasteiger partial charge in [0.2, 0.25) is 11.8 Å². The number of rotatable bonds is 5. The molecule has 0 aliphatic carbocycles. The fourth-order valence-electron chi connectivity index (χ4n) is 5.09. The Labute approximate surface area is 213 Å². The molecule has 10 nitrogen and oxygen atoms in total. The van der Waals surface area contributed by atoms with Crippen molar-refractivity contribution < 1.29 is 41.5 Å². The van der Waals surface area contributed by atoms with Crippen LogP contribution in [-0.2, 0) is 40.6 Å². The summed E-state index contributed by atoms with van der Waals surface area (Å²) >= 11 is 0. The fraction of sp³-hybridized carbons (Fsp3) is 0.458. The lowest BCUT2D eigenvalue weighted by Gasteiger charge is -2.29. The number of imide groups is 1. The maximum atomic E-state index is 15.2. The van der Waals surface area contributed by atoms with Gasteiger partial charge in [-0.05, 0) is 30.9 Å². The third-order valence-corrected chi connectivity index (χ3v) is 6.96. The van der Waals surface area contributed by atoms with Crippen LogP contribution in [0, 0.1) is 5.82 Å². The maximum absolute atomic E-state index is 15.2. The molecule has 0 bridgehead atoms. The van der Waals surface area contributed by atoms with Gasteiger partial charge >= 0.3 is 12.3 Å². The Bertz CT molecular complexity index is 1320. The lowest BCUT2D eigenvalue weighted by molar-refractivity contribution is -0.155. The highest BCUT2D eigenvalue weighted by atomic mass is 19.4. The normalized spacial score (nSPS) is 21.2. The largest absolute Gasteiger partial charge is 0.443 e. The van der Waals surface area contributed by atoms with E-state index in [1.165, 1.54) is 27.8 Å². The third kappa shape index (κ3) is 4.82. The van der Waals surface area contributed by atoms with Crippen LogP contribution in [0.1, 0.15) is 64.5 Å². The van der Waals surface area contributed by atoms with E-state index < -0.39 is 47.8 Å². The standard InChI is InChI=1S/C24H23F4N5O5/c25-20-12(3-4-13-10-32(22(36)19(13)20)16-5-6-18(34)30-21(16)35)9-29-23(37)38-11-14-8-17-15(24(26,27)28)2-1-7-33(17)31-14/h3-4,8,15-16H,1-2,5-7,9-11H2,(H,29,37)(H,30,34,35). The van der Waals surface area contributed by atoms with E-state index in [9.17, 15) is 32.3 Å². The number of benzene rings is 1. The number of ether oxygens (including phenoxy) is 1. The van der Waals surface area contributed by atoms with Crippen molar-refractivity contribution in [2.24, 2.45) is 0 Å². The summed E-state index contributed by atoms with van der Waals surface area (Å²) in [5.41, 5.74) is 0.368. The summed E-state index contributed by atoms with van der Waals surface area (Å²) in [4.78, 5) is 49.8. The van der Waals surface area contributed by atoms with E-state index in [2.05, 4.69) is 15.7 Å². The van der Waals surface area contributed by atoms with Crippen molar-refractivity contribution in [1.29, 1.82) is 0 Å². The first kappa shape index (κ1) is 25.7. The van der Waals surface area contributed by atoms with Crippen LogP contribution in [0.5, 0.6) is 0 Å². The molecule has 1 saturated heterocycles. The number of amides is 4. The summed E-state index contributed by atoms with van der Waals surface area (Å²) in [5, 5.41) is 8.62. The Morgan fingerprint density at radius 3 is 2.74 bits per heavy atom. The van der Waals surface area contributed by atoms with Crippen molar-refractivity contribution in [3.63, 3.8) is 0 Å². The van der Waals surface area contributed by atoms with Crippen LogP contribution in [0.25, 0.3) is 0 Å². The number of hydrogen-bond acceptors (Lipinski definition) is 6. The topological polar surface area (TPSA) is 123 Å². The molecule has 1 fully saturated rings. The van der Waals surface area contributed by atoms with Gasteiger partial charge in [0.25, 0.3) is 5.91 Å². The summed E-state index contributed by atoms with van der Waals surface area (Å²) in [5.74, 6) is -4.19. The minimum Gasteiger partial charge on any atom is -0.443 e. The summed E-state index contributed by atoms with van der Waals surface area (Å²) in [6, 6.07) is 3.31. The fourth-order valence-corrected chi connectivity index (χ4v) is 5.09. The van der Waals surface area contributed by atoms with Gasteiger partial charge in [0.05, 0.1) is 17.2 Å². The van der Waals surface area contributed by atoms with E-state index in [0.717, 1.165) is 0 Å². The molecule has 202 valence electrons. The molecule has 14 heteroatoms. The molecule has 2 N–H and O–H groups in total. The van der Waals surface area contributed by atoms with Crippen LogP contribution in [0.3, 0.4) is 0 Å². The first-order valence-electron chi connectivity index (χ1n) is 12.0. The third-order valence-electron chi connectivity index (χ3n) is 6.96. The number of hydrogen-bond donors (Lipinski definition) is 2. The molecule has 0 saturated carbocycles. The number of nitrogens with one attached hydrogen (secondary N) is 2. The molecule has 1 aromatic carbocycles. The Morgan fingerprint density at radius 1 is 1.21 bits per heavy atom. The van der Waals surface area contributed by atoms with E-state index in [4.69, 9.17) is 4.74 Å². The van der Waals surface area contributed by atoms with Gasteiger partial charge in [-0.15, -0.1) is 0 Å². The molecular formula is C24H23F4N5O5. The smallest absolute Gasteiger partial charge is 0.407 e. The average molecular weight is 537 g/mol. The molecule has 1 aromatic heterocycles. The van der Waals surface area contributed by atoms with Crippen LogP contribution < -0.4 is 10.6 Å². The minimum atomic E-state index is -4.39. The predicted molar refractivity (Wildman–Crippen MR) is 120 cm³/mol. The molecule has 38 heavy (non-hydrogen) atoms. The molecule has 2 atom stereocenters. The Kier molecular flexibility index (Phi) is 6.57. The Balaban J connectivity index is 1.19. The van der Waals surface area contributed by atoms with E-state index in [0.29, 0.717) is 18.5 Å². The summed E-state index contributed by atoms with van der Waals surface area (Å²) in [6.45, 7) is -0.343. The summed E-state index contributed by atoms with van der Waals surface area (Å²) in [7, 11) is 0. The summed E-state index contributed by atoms with van der Waals surface area (Å²) in [6.07, 6.45) is -4.83. The van der Waals surface area contributed by atoms with Crippen molar-refractivity contribution >= 4 is 23.8 Å². The van der Waals surface area contributed by atoms with Gasteiger partial charge in [0, 0.05) is 31.6 Å². The monoisotopic (exact) mass is 537 g/mol. The quantitative estimate of drug-likeness (QED) is 0.447. The minimum absolute atomic E-state index is 0.00430. The highest BCUT2D eigenvalue weighted by Crippen LogP contribution is 2.41. The van der Waals surface area contributed by atoms with Gasteiger partial charge in [-0.1, -0.05) is 12.1 Å². The molecule has 4 heterocycles. The number of alkyl carbamates (subject to hydrolysis) is 1. The van der Waals surface area contributed by atoms with E-state index in [1.54, 1.807) is 0 Å². The molecular weight excluding hydrogens is 514 g/mol. The van der Waals surface area contributed by atoms with Crippen LogP contribution in [-0.4, -0.2) is 50.7 Å². The molecule has 3 aliphatic rings. The number of piperidine rings is 1. The number of halogens is 4. The molecule has 4 amide bonds. The second-order valence-electron chi connectivity index (χ2n) is 9.42. The molecule has 5 rings (SSSR count). The van der Waals surface area contributed by atoms with Crippen LogP contribution in [0.15, 0.2) is 18.2 Å². The number of alkyl halides is 3. The van der Waals surface area contributed by atoms with Crippen LogP contribution in [0.4, 0.5) is 22.4 Å². The highest BCUT2D eigenvalue weighted by Gasteiger charge is 2.44. The van der Waals surface area contributed by atoms with E-state index >= 15 is 4.39 Å². The Morgan fingerprint density at radius 2 is 2.00 bits per heavy atom. The number of carbonyl (C=O) groups excluding carboxylic acids is 4. The first-order chi connectivity index (χ1) is 18.0. The number of fused-ring (bicyclic) bond motifs is 2. The zero-order valence-electron chi connectivity index (χ0n) is 19.9. The van der Waals surface area contributed by atoms with Crippen LogP contribution >= 0.6 is 0 Å².